The molecule has 0 bridgehead atoms. The minimum absolute atomic E-state index is 0.0695. The van der Waals surface area contributed by atoms with Gasteiger partial charge >= 0.3 is 0 Å². The number of carbonyl (C=O) groups excluding carboxylic acids is 2. The second-order valence-electron chi connectivity index (χ2n) is 4.55. The molecule has 1 N–H and O–H groups in total. The summed E-state index contributed by atoms with van der Waals surface area (Å²) in [5.74, 6) is 0.00162. The van der Waals surface area contributed by atoms with Crippen LogP contribution in [-0.4, -0.2) is 59.5 Å². The van der Waals surface area contributed by atoms with Crippen molar-refractivity contribution in [3.63, 3.8) is 0 Å². The second-order valence-corrected chi connectivity index (χ2v) is 4.55. The van der Waals surface area contributed by atoms with Crippen molar-refractivity contribution in [2.24, 2.45) is 5.92 Å². The van der Waals surface area contributed by atoms with Crippen molar-refractivity contribution < 1.29 is 14.7 Å². The number of aliphatic hydroxyl groups is 1. The normalized spacial score (nSPS) is 18.1. The monoisotopic (exact) mass is 242 g/mol. The molecule has 98 valence electrons. The first-order valence-electron chi connectivity index (χ1n) is 6.27. The maximum Gasteiger partial charge on any atom is 0.248 e. The van der Waals surface area contributed by atoms with Crippen LogP contribution < -0.4 is 0 Å². The van der Waals surface area contributed by atoms with Crippen molar-refractivity contribution in [2.75, 3.05) is 32.8 Å². The molecule has 1 aliphatic heterocycles. The fraction of sp³-hybridized carbons (Fsp3) is 0.833. The largest absolute Gasteiger partial charge is 0.387 e. The summed E-state index contributed by atoms with van der Waals surface area (Å²) >= 11 is 0. The number of carbonyl (C=O) groups is 2. The summed E-state index contributed by atoms with van der Waals surface area (Å²) in [6.45, 7) is 5.81. The molecule has 0 aromatic rings. The first kappa shape index (κ1) is 14.0. The lowest BCUT2D eigenvalue weighted by atomic mass is 10.0. The number of amides is 2. The molecular formula is C12H22N2O3. The number of aliphatic hydroxyl groups excluding tert-OH is 1. The molecule has 1 rings (SSSR count). The van der Waals surface area contributed by atoms with Gasteiger partial charge in [-0.05, 0) is 6.42 Å². The molecular weight excluding hydrogens is 220 g/mol. The average molecular weight is 242 g/mol. The Morgan fingerprint density at radius 1 is 1.18 bits per heavy atom. The summed E-state index contributed by atoms with van der Waals surface area (Å²) in [5.41, 5.74) is 0. The standard InChI is InChI=1S/C12H22N2O3/c1-3-4-10(2)12(17)14-7-5-13(6-8-14)11(16)9-15/h10,15H,3-9H2,1-2H3. The van der Waals surface area contributed by atoms with Gasteiger partial charge < -0.3 is 14.9 Å². The first-order valence-corrected chi connectivity index (χ1v) is 6.27. The average Bonchev–Trinajstić information content (AvgIpc) is 2.37. The van der Waals surface area contributed by atoms with Gasteiger partial charge in [-0.2, -0.15) is 0 Å². The number of rotatable bonds is 4. The topological polar surface area (TPSA) is 60.9 Å². The summed E-state index contributed by atoms with van der Waals surface area (Å²) in [6, 6.07) is 0. The Labute approximate surface area is 102 Å². The number of nitrogens with zero attached hydrogens (tertiary/aromatic N) is 2. The molecule has 1 atom stereocenters. The van der Waals surface area contributed by atoms with Crippen LogP contribution in [0.1, 0.15) is 26.7 Å². The van der Waals surface area contributed by atoms with Crippen LogP contribution in [0, 0.1) is 5.92 Å². The Morgan fingerprint density at radius 3 is 2.18 bits per heavy atom. The molecule has 0 radical (unpaired) electrons. The molecule has 2 amide bonds. The quantitative estimate of drug-likeness (QED) is 0.760. The lowest BCUT2D eigenvalue weighted by molar-refractivity contribution is -0.143. The summed E-state index contributed by atoms with van der Waals surface area (Å²) in [5, 5.41) is 8.75. The number of piperazine rings is 1. The Bertz CT molecular complexity index is 273. The third kappa shape index (κ3) is 3.70. The zero-order chi connectivity index (χ0) is 12.8. The highest BCUT2D eigenvalue weighted by atomic mass is 16.3. The molecule has 5 nitrogen and oxygen atoms in total. The molecule has 17 heavy (non-hydrogen) atoms. The van der Waals surface area contributed by atoms with Crippen molar-refractivity contribution in [2.45, 2.75) is 26.7 Å². The molecule has 0 aromatic carbocycles. The predicted octanol–water partition coefficient (Wildman–Crippen LogP) is 0.0857. The van der Waals surface area contributed by atoms with E-state index in [1.165, 1.54) is 0 Å². The maximum absolute atomic E-state index is 12.0. The molecule has 1 saturated heterocycles. The van der Waals surface area contributed by atoms with Crippen LogP contribution in [0.5, 0.6) is 0 Å². The van der Waals surface area contributed by atoms with Gasteiger partial charge in [0.15, 0.2) is 0 Å². The van der Waals surface area contributed by atoms with E-state index >= 15 is 0 Å². The van der Waals surface area contributed by atoms with E-state index in [2.05, 4.69) is 6.92 Å². The van der Waals surface area contributed by atoms with Crippen LogP contribution >= 0.6 is 0 Å². The van der Waals surface area contributed by atoms with E-state index in [1.807, 2.05) is 11.8 Å². The highest BCUT2D eigenvalue weighted by Gasteiger charge is 2.25. The SMILES string of the molecule is CCCC(C)C(=O)N1CCN(C(=O)CO)CC1. The minimum atomic E-state index is -0.444. The van der Waals surface area contributed by atoms with E-state index in [0.29, 0.717) is 26.2 Å². The molecule has 5 heteroatoms. The Hall–Kier alpha value is -1.10. The van der Waals surface area contributed by atoms with Crippen LogP contribution in [-0.2, 0) is 9.59 Å². The first-order chi connectivity index (χ1) is 8.10. The zero-order valence-electron chi connectivity index (χ0n) is 10.7. The zero-order valence-corrected chi connectivity index (χ0v) is 10.7. The molecule has 1 heterocycles. The molecule has 0 aromatic heterocycles. The Balaban J connectivity index is 2.41. The Morgan fingerprint density at radius 2 is 1.71 bits per heavy atom. The van der Waals surface area contributed by atoms with Gasteiger partial charge in [0.1, 0.15) is 6.61 Å². The van der Waals surface area contributed by atoms with E-state index in [4.69, 9.17) is 5.11 Å². The lowest BCUT2D eigenvalue weighted by Crippen LogP contribution is -2.52. The van der Waals surface area contributed by atoms with Crippen molar-refractivity contribution in [3.8, 4) is 0 Å². The molecule has 0 aliphatic carbocycles. The van der Waals surface area contributed by atoms with Crippen molar-refractivity contribution >= 4 is 11.8 Å². The molecule has 0 saturated carbocycles. The van der Waals surface area contributed by atoms with E-state index in [0.717, 1.165) is 12.8 Å². The summed E-state index contributed by atoms with van der Waals surface area (Å²) in [4.78, 5) is 26.7. The van der Waals surface area contributed by atoms with E-state index in [9.17, 15) is 9.59 Å². The Kier molecular flexibility index (Phi) is 5.41. The van der Waals surface area contributed by atoms with Gasteiger partial charge in [-0.25, -0.2) is 0 Å². The van der Waals surface area contributed by atoms with E-state index < -0.39 is 6.61 Å². The maximum atomic E-state index is 12.0. The van der Waals surface area contributed by atoms with Gasteiger partial charge in [0.2, 0.25) is 11.8 Å². The summed E-state index contributed by atoms with van der Waals surface area (Å²) in [7, 11) is 0. The fourth-order valence-corrected chi connectivity index (χ4v) is 2.14. The van der Waals surface area contributed by atoms with Crippen molar-refractivity contribution in [1.29, 1.82) is 0 Å². The molecule has 1 fully saturated rings. The van der Waals surface area contributed by atoms with Gasteiger partial charge in [-0.3, -0.25) is 9.59 Å². The van der Waals surface area contributed by atoms with Crippen molar-refractivity contribution in [1.82, 2.24) is 9.80 Å². The second kappa shape index (κ2) is 6.59. The van der Waals surface area contributed by atoms with Gasteiger partial charge in [0, 0.05) is 32.1 Å². The molecule has 1 aliphatic rings. The van der Waals surface area contributed by atoms with Crippen LogP contribution in [0.25, 0.3) is 0 Å². The van der Waals surface area contributed by atoms with Crippen molar-refractivity contribution in [3.05, 3.63) is 0 Å². The van der Waals surface area contributed by atoms with Crippen LogP contribution in [0.4, 0.5) is 0 Å². The van der Waals surface area contributed by atoms with Gasteiger partial charge in [0.25, 0.3) is 0 Å². The minimum Gasteiger partial charge on any atom is -0.387 e. The van der Waals surface area contributed by atoms with Crippen LogP contribution in [0.2, 0.25) is 0 Å². The fourth-order valence-electron chi connectivity index (χ4n) is 2.14. The smallest absolute Gasteiger partial charge is 0.248 e. The highest BCUT2D eigenvalue weighted by Crippen LogP contribution is 2.12. The van der Waals surface area contributed by atoms with Gasteiger partial charge in [0.05, 0.1) is 0 Å². The van der Waals surface area contributed by atoms with Crippen LogP contribution in [0.3, 0.4) is 0 Å². The third-order valence-corrected chi connectivity index (χ3v) is 3.22. The van der Waals surface area contributed by atoms with Gasteiger partial charge in [-0.15, -0.1) is 0 Å². The summed E-state index contributed by atoms with van der Waals surface area (Å²) < 4.78 is 0. The molecule has 0 spiro atoms. The summed E-state index contributed by atoms with van der Waals surface area (Å²) in [6.07, 6.45) is 1.92. The van der Waals surface area contributed by atoms with Gasteiger partial charge in [-0.1, -0.05) is 20.3 Å². The number of hydrogen-bond donors (Lipinski definition) is 1. The molecule has 1 unspecified atom stereocenters. The third-order valence-electron chi connectivity index (χ3n) is 3.22. The number of hydrogen-bond acceptors (Lipinski definition) is 3. The highest BCUT2D eigenvalue weighted by molar-refractivity contribution is 5.80. The van der Waals surface area contributed by atoms with E-state index in [1.54, 1.807) is 4.90 Å². The van der Waals surface area contributed by atoms with Crippen LogP contribution in [0.15, 0.2) is 0 Å². The lowest BCUT2D eigenvalue weighted by Gasteiger charge is -2.35. The predicted molar refractivity (Wildman–Crippen MR) is 64.3 cm³/mol. The van der Waals surface area contributed by atoms with E-state index in [-0.39, 0.29) is 17.7 Å².